The highest BCUT2D eigenvalue weighted by molar-refractivity contribution is 7.17. The van der Waals surface area contributed by atoms with Crippen molar-refractivity contribution in [3.05, 3.63) is 73.5 Å². The van der Waals surface area contributed by atoms with Crippen LogP contribution in [-0.4, -0.2) is 22.9 Å². The first-order chi connectivity index (χ1) is 16.7. The van der Waals surface area contributed by atoms with Gasteiger partial charge in [0.15, 0.2) is 5.76 Å². The average molecular weight is 499 g/mol. The lowest BCUT2D eigenvalue weighted by atomic mass is 9.95. The smallest absolute Gasteiger partial charge is 0.341 e. The zero-order chi connectivity index (χ0) is 25.1. The number of esters is 1. The van der Waals surface area contributed by atoms with Gasteiger partial charge in [-0.15, -0.1) is 11.3 Å². The van der Waals surface area contributed by atoms with Gasteiger partial charge in [0.25, 0.3) is 11.6 Å². The molecule has 10 heteroatoms. The minimum absolute atomic E-state index is 0.0150. The van der Waals surface area contributed by atoms with Gasteiger partial charge >= 0.3 is 5.97 Å². The SMILES string of the molecule is Cc1cc(OCc2ccc(C(=O)Nc3sc4c(c3C(=O)OC(C)C)CCCC4)o2)ccc1[N+](=O)[O-]. The van der Waals surface area contributed by atoms with Gasteiger partial charge in [-0.2, -0.15) is 0 Å². The molecule has 0 aliphatic heterocycles. The van der Waals surface area contributed by atoms with E-state index in [0.717, 1.165) is 36.1 Å². The number of anilines is 1. The Morgan fingerprint density at radius 3 is 2.69 bits per heavy atom. The van der Waals surface area contributed by atoms with Crippen molar-refractivity contribution in [3.63, 3.8) is 0 Å². The molecule has 0 bridgehead atoms. The van der Waals surface area contributed by atoms with Gasteiger partial charge in [0.05, 0.1) is 16.6 Å². The molecule has 2 heterocycles. The van der Waals surface area contributed by atoms with Gasteiger partial charge in [-0.3, -0.25) is 14.9 Å². The highest BCUT2D eigenvalue weighted by Crippen LogP contribution is 2.39. The van der Waals surface area contributed by atoms with E-state index < -0.39 is 16.8 Å². The molecular formula is C25H26N2O7S. The van der Waals surface area contributed by atoms with E-state index in [1.807, 2.05) is 0 Å². The van der Waals surface area contributed by atoms with Gasteiger partial charge in [-0.1, -0.05) is 0 Å². The van der Waals surface area contributed by atoms with Gasteiger partial charge < -0.3 is 19.2 Å². The first-order valence-electron chi connectivity index (χ1n) is 11.4. The van der Waals surface area contributed by atoms with Gasteiger partial charge in [-0.05, 0) is 76.3 Å². The Bertz CT molecular complexity index is 1270. The van der Waals surface area contributed by atoms with Gasteiger partial charge in [0.1, 0.15) is 23.1 Å². The van der Waals surface area contributed by atoms with Crippen LogP contribution < -0.4 is 10.1 Å². The van der Waals surface area contributed by atoms with E-state index in [4.69, 9.17) is 13.9 Å². The van der Waals surface area contributed by atoms with Crippen LogP contribution in [0.15, 0.2) is 34.7 Å². The summed E-state index contributed by atoms with van der Waals surface area (Å²) >= 11 is 1.41. The van der Waals surface area contributed by atoms with Crippen molar-refractivity contribution in [2.24, 2.45) is 0 Å². The Balaban J connectivity index is 1.46. The van der Waals surface area contributed by atoms with E-state index >= 15 is 0 Å². The van der Waals surface area contributed by atoms with Crippen molar-refractivity contribution < 1.29 is 28.4 Å². The van der Waals surface area contributed by atoms with E-state index in [0.29, 0.717) is 27.6 Å². The molecule has 184 valence electrons. The molecule has 0 radical (unpaired) electrons. The molecule has 1 aromatic carbocycles. The number of ether oxygens (including phenoxy) is 2. The Morgan fingerprint density at radius 2 is 1.97 bits per heavy atom. The Labute approximate surface area is 206 Å². The van der Waals surface area contributed by atoms with Crippen LogP contribution in [0.2, 0.25) is 0 Å². The predicted octanol–water partition coefficient (Wildman–Crippen LogP) is 5.83. The van der Waals surface area contributed by atoms with Crippen LogP contribution in [0.3, 0.4) is 0 Å². The van der Waals surface area contributed by atoms with Crippen LogP contribution >= 0.6 is 11.3 Å². The second kappa shape index (κ2) is 10.3. The highest BCUT2D eigenvalue weighted by Gasteiger charge is 2.28. The number of benzene rings is 1. The van der Waals surface area contributed by atoms with Crippen molar-refractivity contribution in [2.75, 3.05) is 5.32 Å². The van der Waals surface area contributed by atoms with E-state index in [2.05, 4.69) is 5.32 Å². The van der Waals surface area contributed by atoms with Gasteiger partial charge in [-0.25, -0.2) is 4.79 Å². The summed E-state index contributed by atoms with van der Waals surface area (Å²) in [6.45, 7) is 5.26. The van der Waals surface area contributed by atoms with Crippen LogP contribution in [0.1, 0.15) is 69.4 Å². The number of nitro groups is 1. The summed E-state index contributed by atoms with van der Waals surface area (Å²) in [5.74, 6) is 0.0447. The molecule has 0 saturated carbocycles. The van der Waals surface area contributed by atoms with Crippen molar-refractivity contribution in [1.82, 2.24) is 0 Å². The molecule has 0 atom stereocenters. The normalized spacial score (nSPS) is 12.8. The number of aryl methyl sites for hydroxylation is 2. The molecule has 0 fully saturated rings. The summed E-state index contributed by atoms with van der Waals surface area (Å²) in [7, 11) is 0. The van der Waals surface area contributed by atoms with Crippen LogP contribution in [0, 0.1) is 17.0 Å². The fraction of sp³-hybridized carbons (Fsp3) is 0.360. The molecule has 0 unspecified atom stereocenters. The molecule has 35 heavy (non-hydrogen) atoms. The maximum Gasteiger partial charge on any atom is 0.341 e. The molecule has 1 N–H and O–H groups in total. The summed E-state index contributed by atoms with van der Waals surface area (Å²) in [4.78, 5) is 37.3. The van der Waals surface area contributed by atoms with Gasteiger partial charge in [0.2, 0.25) is 0 Å². The van der Waals surface area contributed by atoms with Gasteiger partial charge in [0, 0.05) is 16.5 Å². The summed E-state index contributed by atoms with van der Waals surface area (Å²) in [5, 5.41) is 14.3. The molecule has 0 saturated heterocycles. The number of amides is 1. The predicted molar refractivity (Wildman–Crippen MR) is 130 cm³/mol. The monoisotopic (exact) mass is 498 g/mol. The Kier molecular flexibility index (Phi) is 7.20. The maximum atomic E-state index is 12.9. The molecule has 3 aromatic rings. The zero-order valence-corrected chi connectivity index (χ0v) is 20.5. The number of rotatable bonds is 8. The lowest BCUT2D eigenvalue weighted by Crippen LogP contribution is -2.17. The number of carbonyl (C=O) groups is 2. The van der Waals surface area contributed by atoms with Crippen molar-refractivity contribution in [2.45, 2.75) is 59.2 Å². The van der Waals surface area contributed by atoms with Crippen LogP contribution in [0.25, 0.3) is 0 Å². The highest BCUT2D eigenvalue weighted by atomic mass is 32.1. The first-order valence-corrected chi connectivity index (χ1v) is 12.2. The molecule has 4 rings (SSSR count). The fourth-order valence-corrected chi connectivity index (χ4v) is 5.23. The number of hydrogen-bond acceptors (Lipinski definition) is 8. The fourth-order valence-electron chi connectivity index (χ4n) is 3.96. The molecule has 1 amide bonds. The Morgan fingerprint density at radius 1 is 1.20 bits per heavy atom. The van der Waals surface area contributed by atoms with Crippen molar-refractivity contribution in [1.29, 1.82) is 0 Å². The Hall–Kier alpha value is -3.66. The first kappa shape index (κ1) is 24.5. The standard InChI is InChI=1S/C25H26N2O7S/c1-14(2)33-25(29)22-18-6-4-5-7-21(18)35-24(22)26-23(28)20-11-9-17(34-20)13-32-16-8-10-19(27(30)31)15(3)12-16/h8-12,14H,4-7,13H2,1-3H3,(H,26,28). The lowest BCUT2D eigenvalue weighted by Gasteiger charge is -2.14. The second-order valence-corrected chi connectivity index (χ2v) is 9.69. The average Bonchev–Trinajstić information content (AvgIpc) is 3.41. The molecule has 0 spiro atoms. The lowest BCUT2D eigenvalue weighted by molar-refractivity contribution is -0.385. The van der Waals surface area contributed by atoms with Crippen molar-refractivity contribution >= 4 is 33.9 Å². The third-order valence-electron chi connectivity index (χ3n) is 5.58. The summed E-state index contributed by atoms with van der Waals surface area (Å²) < 4.78 is 16.7. The number of thiophene rings is 1. The molecule has 9 nitrogen and oxygen atoms in total. The number of hydrogen-bond donors (Lipinski definition) is 1. The number of furan rings is 1. The van der Waals surface area contributed by atoms with Crippen molar-refractivity contribution in [3.8, 4) is 5.75 Å². The molecular weight excluding hydrogens is 472 g/mol. The third kappa shape index (κ3) is 5.54. The number of nitrogens with zero attached hydrogens (tertiary/aromatic N) is 1. The quantitative estimate of drug-likeness (QED) is 0.235. The topological polar surface area (TPSA) is 121 Å². The third-order valence-corrected chi connectivity index (χ3v) is 6.78. The summed E-state index contributed by atoms with van der Waals surface area (Å²) in [6.07, 6.45) is 3.44. The number of carbonyl (C=O) groups excluding carboxylic acids is 2. The molecule has 2 aromatic heterocycles. The van der Waals surface area contributed by atoms with E-state index in [-0.39, 0.29) is 24.2 Å². The van der Waals surface area contributed by atoms with E-state index in [1.54, 1.807) is 32.9 Å². The largest absolute Gasteiger partial charge is 0.486 e. The van der Waals surface area contributed by atoms with Crippen LogP contribution in [0.5, 0.6) is 5.75 Å². The summed E-state index contributed by atoms with van der Waals surface area (Å²) in [5.41, 5.74) is 1.91. The minimum atomic E-state index is -0.473. The molecule has 1 aliphatic carbocycles. The zero-order valence-electron chi connectivity index (χ0n) is 19.7. The minimum Gasteiger partial charge on any atom is -0.486 e. The summed E-state index contributed by atoms with van der Waals surface area (Å²) in [6, 6.07) is 7.63. The van der Waals surface area contributed by atoms with Crippen LogP contribution in [0.4, 0.5) is 10.7 Å². The van der Waals surface area contributed by atoms with E-state index in [9.17, 15) is 19.7 Å². The second-order valence-electron chi connectivity index (χ2n) is 8.58. The van der Waals surface area contributed by atoms with Crippen LogP contribution in [-0.2, 0) is 24.2 Å². The number of fused-ring (bicyclic) bond motifs is 1. The van der Waals surface area contributed by atoms with E-state index in [1.165, 1.54) is 29.5 Å². The molecule has 1 aliphatic rings. The number of nitrogens with one attached hydrogen (secondary N) is 1. The number of nitro benzene ring substituents is 1. The maximum absolute atomic E-state index is 12.9.